The van der Waals surface area contributed by atoms with Gasteiger partial charge in [0.1, 0.15) is 23.5 Å². The zero-order valence-corrected chi connectivity index (χ0v) is 17.1. The number of carbonyl (C=O) groups is 1. The van der Waals surface area contributed by atoms with Crippen molar-refractivity contribution >= 4 is 33.8 Å². The van der Waals surface area contributed by atoms with Crippen molar-refractivity contribution in [1.29, 1.82) is 0 Å². The second-order valence-electron chi connectivity index (χ2n) is 6.84. The van der Waals surface area contributed by atoms with Gasteiger partial charge in [-0.05, 0) is 32.3 Å². The quantitative estimate of drug-likeness (QED) is 0.506. The lowest BCUT2D eigenvalue weighted by molar-refractivity contribution is 0.100. The molecular formula is C21H29N5O3. The van der Waals surface area contributed by atoms with Gasteiger partial charge in [0, 0.05) is 18.4 Å². The molecule has 2 aromatic heterocycles. The van der Waals surface area contributed by atoms with E-state index in [-0.39, 0.29) is 6.09 Å². The number of hydrogen-bond donors (Lipinski definition) is 2. The second-order valence-corrected chi connectivity index (χ2v) is 6.84. The van der Waals surface area contributed by atoms with Crippen molar-refractivity contribution in [1.82, 2.24) is 20.0 Å². The SMILES string of the molecule is CCCCc1nc2c(N)nc3ccccc3c2n1OCCCCOC(=O)NCC. The molecule has 0 spiro atoms. The fourth-order valence-corrected chi connectivity index (χ4v) is 3.17. The summed E-state index contributed by atoms with van der Waals surface area (Å²) in [5, 5.41) is 3.57. The predicted molar refractivity (Wildman–Crippen MR) is 114 cm³/mol. The molecule has 0 fully saturated rings. The summed E-state index contributed by atoms with van der Waals surface area (Å²) in [5.74, 6) is 1.26. The molecule has 0 aliphatic rings. The fourth-order valence-electron chi connectivity index (χ4n) is 3.17. The number of imidazole rings is 1. The van der Waals surface area contributed by atoms with Crippen LogP contribution in [0.1, 0.15) is 45.4 Å². The van der Waals surface area contributed by atoms with Gasteiger partial charge < -0.3 is 20.6 Å². The molecular weight excluding hydrogens is 370 g/mol. The van der Waals surface area contributed by atoms with E-state index in [4.69, 9.17) is 20.3 Å². The number of rotatable bonds is 10. The Hall–Kier alpha value is -3.03. The van der Waals surface area contributed by atoms with Crippen LogP contribution in [0.5, 0.6) is 0 Å². The summed E-state index contributed by atoms with van der Waals surface area (Å²) < 4.78 is 6.91. The van der Waals surface area contributed by atoms with E-state index >= 15 is 0 Å². The van der Waals surface area contributed by atoms with E-state index in [9.17, 15) is 4.79 Å². The lowest BCUT2D eigenvalue weighted by Gasteiger charge is -2.12. The number of aryl methyl sites for hydroxylation is 1. The highest BCUT2D eigenvalue weighted by molar-refractivity contribution is 6.06. The largest absolute Gasteiger partial charge is 0.450 e. The van der Waals surface area contributed by atoms with Crippen LogP contribution in [-0.2, 0) is 11.2 Å². The Bertz CT molecular complexity index is 970. The minimum absolute atomic E-state index is 0.363. The Kier molecular flexibility index (Phi) is 7.10. The lowest BCUT2D eigenvalue weighted by atomic mass is 10.2. The van der Waals surface area contributed by atoms with E-state index in [2.05, 4.69) is 17.2 Å². The van der Waals surface area contributed by atoms with Crippen molar-refractivity contribution in [3.63, 3.8) is 0 Å². The number of nitrogens with two attached hydrogens (primary N) is 1. The molecule has 0 aliphatic heterocycles. The smallest absolute Gasteiger partial charge is 0.407 e. The van der Waals surface area contributed by atoms with Gasteiger partial charge in [-0.3, -0.25) is 0 Å². The van der Waals surface area contributed by atoms with E-state index < -0.39 is 0 Å². The van der Waals surface area contributed by atoms with E-state index in [0.717, 1.165) is 54.3 Å². The first kappa shape index (κ1) is 20.7. The molecule has 3 aromatic rings. The average molecular weight is 399 g/mol. The summed E-state index contributed by atoms with van der Waals surface area (Å²) in [7, 11) is 0. The van der Waals surface area contributed by atoms with Gasteiger partial charge in [-0.2, -0.15) is 4.73 Å². The highest BCUT2D eigenvalue weighted by Crippen LogP contribution is 2.28. The molecule has 1 amide bonds. The number of nitrogens with one attached hydrogen (secondary N) is 1. The van der Waals surface area contributed by atoms with Crippen LogP contribution in [-0.4, -0.2) is 40.6 Å². The number of nitrogen functional groups attached to an aromatic ring is 1. The van der Waals surface area contributed by atoms with Gasteiger partial charge in [0.05, 0.1) is 12.1 Å². The summed E-state index contributed by atoms with van der Waals surface area (Å²) in [5.41, 5.74) is 8.54. The first-order valence-corrected chi connectivity index (χ1v) is 10.2. The molecule has 29 heavy (non-hydrogen) atoms. The van der Waals surface area contributed by atoms with Gasteiger partial charge in [-0.25, -0.2) is 14.8 Å². The summed E-state index contributed by atoms with van der Waals surface area (Å²) in [6.07, 6.45) is 3.97. The van der Waals surface area contributed by atoms with Crippen LogP contribution >= 0.6 is 0 Å². The van der Waals surface area contributed by atoms with Crippen molar-refractivity contribution in [3.05, 3.63) is 30.1 Å². The lowest BCUT2D eigenvalue weighted by Crippen LogP contribution is -2.24. The van der Waals surface area contributed by atoms with Gasteiger partial charge in [0.25, 0.3) is 0 Å². The topological polar surface area (TPSA) is 104 Å². The molecule has 156 valence electrons. The van der Waals surface area contributed by atoms with Crippen LogP contribution in [0.15, 0.2) is 24.3 Å². The first-order valence-electron chi connectivity index (χ1n) is 10.2. The van der Waals surface area contributed by atoms with Crippen LogP contribution in [0.4, 0.5) is 10.6 Å². The third-order valence-corrected chi connectivity index (χ3v) is 4.61. The molecule has 0 saturated heterocycles. The molecule has 2 heterocycles. The van der Waals surface area contributed by atoms with Crippen LogP contribution in [0.2, 0.25) is 0 Å². The zero-order chi connectivity index (χ0) is 20.6. The maximum absolute atomic E-state index is 11.3. The maximum Gasteiger partial charge on any atom is 0.407 e. The number of amides is 1. The number of aromatic nitrogens is 3. The number of ether oxygens (including phenoxy) is 1. The molecule has 0 bridgehead atoms. The van der Waals surface area contributed by atoms with E-state index in [1.54, 1.807) is 0 Å². The van der Waals surface area contributed by atoms with Crippen LogP contribution in [0.25, 0.3) is 21.9 Å². The summed E-state index contributed by atoms with van der Waals surface area (Å²) in [4.78, 5) is 26.6. The predicted octanol–water partition coefficient (Wildman–Crippen LogP) is 3.46. The fraction of sp³-hybridized carbons (Fsp3) is 0.476. The minimum Gasteiger partial charge on any atom is -0.450 e. The molecule has 1 aromatic carbocycles. The van der Waals surface area contributed by atoms with Crippen LogP contribution < -0.4 is 15.9 Å². The molecule has 3 N–H and O–H groups in total. The Labute approximate surface area is 170 Å². The highest BCUT2D eigenvalue weighted by Gasteiger charge is 2.18. The second kappa shape index (κ2) is 9.95. The van der Waals surface area contributed by atoms with E-state index in [0.29, 0.717) is 31.1 Å². The number of fused-ring (bicyclic) bond motifs is 3. The van der Waals surface area contributed by atoms with E-state index in [1.807, 2.05) is 35.9 Å². The monoisotopic (exact) mass is 399 g/mol. The zero-order valence-electron chi connectivity index (χ0n) is 17.1. The number of unbranched alkanes of at least 4 members (excludes halogenated alkanes) is 2. The Balaban J connectivity index is 1.77. The third kappa shape index (κ3) is 4.88. The van der Waals surface area contributed by atoms with Crippen molar-refractivity contribution in [2.75, 3.05) is 25.5 Å². The van der Waals surface area contributed by atoms with Crippen LogP contribution in [0, 0.1) is 0 Å². The third-order valence-electron chi connectivity index (χ3n) is 4.61. The normalized spacial score (nSPS) is 11.1. The van der Waals surface area contributed by atoms with Gasteiger partial charge in [-0.1, -0.05) is 31.5 Å². The number of nitrogens with zero attached hydrogens (tertiary/aromatic N) is 3. The Morgan fingerprint density at radius 2 is 1.93 bits per heavy atom. The summed E-state index contributed by atoms with van der Waals surface area (Å²) in [6.45, 7) is 5.41. The van der Waals surface area contributed by atoms with E-state index in [1.165, 1.54) is 0 Å². The molecule has 0 saturated carbocycles. The summed E-state index contributed by atoms with van der Waals surface area (Å²) >= 11 is 0. The Morgan fingerprint density at radius 3 is 2.72 bits per heavy atom. The maximum atomic E-state index is 11.3. The Morgan fingerprint density at radius 1 is 1.14 bits per heavy atom. The van der Waals surface area contributed by atoms with Crippen molar-refractivity contribution in [3.8, 4) is 0 Å². The van der Waals surface area contributed by atoms with Crippen molar-refractivity contribution < 1.29 is 14.4 Å². The van der Waals surface area contributed by atoms with Gasteiger partial charge in [0.15, 0.2) is 5.82 Å². The number of benzene rings is 1. The number of pyridine rings is 1. The number of hydrogen-bond acceptors (Lipinski definition) is 6. The van der Waals surface area contributed by atoms with Gasteiger partial charge in [-0.15, -0.1) is 0 Å². The minimum atomic E-state index is -0.384. The standard InChI is InChI=1S/C21H29N5O3/c1-3-5-12-17-25-18-19(15-10-6-7-11-16(15)24-20(18)22)26(17)29-14-9-8-13-28-21(27)23-4-2/h6-7,10-11H,3-5,8-9,12-14H2,1-2H3,(H2,22,24)(H,23,27). The first-order chi connectivity index (χ1) is 14.2. The van der Waals surface area contributed by atoms with Crippen molar-refractivity contribution in [2.24, 2.45) is 0 Å². The molecule has 0 radical (unpaired) electrons. The van der Waals surface area contributed by atoms with Crippen molar-refractivity contribution in [2.45, 2.75) is 46.0 Å². The number of anilines is 1. The molecule has 0 atom stereocenters. The average Bonchev–Trinajstić information content (AvgIpc) is 3.08. The van der Waals surface area contributed by atoms with Crippen LogP contribution in [0.3, 0.4) is 0 Å². The molecule has 0 aliphatic carbocycles. The molecule has 0 unspecified atom stereocenters. The summed E-state index contributed by atoms with van der Waals surface area (Å²) in [6, 6.07) is 7.86. The van der Waals surface area contributed by atoms with Gasteiger partial charge >= 0.3 is 6.09 Å². The number of carbonyl (C=O) groups excluding carboxylic acids is 1. The number of alkyl carbamates (subject to hydrolysis) is 1. The van der Waals surface area contributed by atoms with Gasteiger partial charge in [0.2, 0.25) is 0 Å². The molecule has 8 nitrogen and oxygen atoms in total. The molecule has 3 rings (SSSR count). The number of para-hydroxylation sites is 1. The molecule has 8 heteroatoms. The highest BCUT2D eigenvalue weighted by atomic mass is 16.7.